The summed E-state index contributed by atoms with van der Waals surface area (Å²) in [5.74, 6) is 0. The lowest BCUT2D eigenvalue weighted by Crippen LogP contribution is -2.17. The minimum absolute atomic E-state index is 0.363. The fourth-order valence-corrected chi connectivity index (χ4v) is 3.05. The molecule has 0 unspecified atom stereocenters. The second kappa shape index (κ2) is 6.14. The van der Waals surface area contributed by atoms with E-state index in [1.54, 1.807) is 11.3 Å². The Kier molecular flexibility index (Phi) is 4.79. The summed E-state index contributed by atoms with van der Waals surface area (Å²) in [6.45, 7) is 3.09. The van der Waals surface area contributed by atoms with E-state index in [0.29, 0.717) is 6.04 Å². The van der Waals surface area contributed by atoms with Crippen LogP contribution in [0.5, 0.6) is 0 Å². The van der Waals surface area contributed by atoms with Gasteiger partial charge in [-0.1, -0.05) is 28.1 Å². The molecule has 0 fully saturated rings. The molecular formula is C13H13Br2NS. The van der Waals surface area contributed by atoms with Gasteiger partial charge in [0.1, 0.15) is 0 Å². The van der Waals surface area contributed by atoms with Crippen molar-refractivity contribution in [2.45, 2.75) is 19.5 Å². The first-order valence-corrected chi connectivity index (χ1v) is 7.83. The first-order chi connectivity index (χ1) is 8.15. The van der Waals surface area contributed by atoms with Gasteiger partial charge in [0.05, 0.1) is 3.79 Å². The number of hydrogen-bond donors (Lipinski definition) is 1. The number of benzene rings is 1. The minimum Gasteiger partial charge on any atom is -0.306 e. The van der Waals surface area contributed by atoms with Gasteiger partial charge in [-0.3, -0.25) is 0 Å². The molecule has 0 aliphatic heterocycles. The normalized spacial score (nSPS) is 12.6. The van der Waals surface area contributed by atoms with Gasteiger partial charge >= 0.3 is 0 Å². The topological polar surface area (TPSA) is 12.0 Å². The molecule has 1 heterocycles. The summed E-state index contributed by atoms with van der Waals surface area (Å²) in [7, 11) is 0. The molecule has 0 radical (unpaired) electrons. The van der Waals surface area contributed by atoms with E-state index in [4.69, 9.17) is 0 Å². The van der Waals surface area contributed by atoms with Crippen molar-refractivity contribution in [3.05, 3.63) is 55.1 Å². The quantitative estimate of drug-likeness (QED) is 0.782. The zero-order valence-corrected chi connectivity index (χ0v) is 13.4. The molecule has 1 aromatic heterocycles. The highest BCUT2D eigenvalue weighted by Gasteiger charge is 2.05. The summed E-state index contributed by atoms with van der Waals surface area (Å²) in [4.78, 5) is 0. The van der Waals surface area contributed by atoms with Gasteiger partial charge < -0.3 is 5.32 Å². The Morgan fingerprint density at radius 1 is 1.24 bits per heavy atom. The molecule has 0 spiro atoms. The zero-order chi connectivity index (χ0) is 12.3. The summed E-state index contributed by atoms with van der Waals surface area (Å²) in [6, 6.07) is 11.0. The van der Waals surface area contributed by atoms with Gasteiger partial charge in [0, 0.05) is 17.1 Å². The SMILES string of the molecule is C[C@@H](NCc1csc(Br)c1)c1ccc(Br)cc1. The van der Waals surface area contributed by atoms with Crippen molar-refractivity contribution < 1.29 is 0 Å². The average molecular weight is 375 g/mol. The number of rotatable bonds is 4. The fourth-order valence-electron chi connectivity index (χ4n) is 1.58. The second-order valence-corrected chi connectivity index (χ2v) is 7.12. The molecule has 2 rings (SSSR count). The zero-order valence-electron chi connectivity index (χ0n) is 9.41. The van der Waals surface area contributed by atoms with Crippen molar-refractivity contribution in [3.8, 4) is 0 Å². The Labute approximate surface area is 123 Å². The van der Waals surface area contributed by atoms with E-state index in [1.807, 2.05) is 0 Å². The monoisotopic (exact) mass is 373 g/mol. The first-order valence-electron chi connectivity index (χ1n) is 5.37. The molecule has 0 saturated carbocycles. The third-order valence-electron chi connectivity index (χ3n) is 2.60. The highest BCUT2D eigenvalue weighted by Crippen LogP contribution is 2.22. The third kappa shape index (κ3) is 3.91. The molecule has 0 aliphatic rings. The molecule has 90 valence electrons. The van der Waals surface area contributed by atoms with Crippen LogP contribution in [0.1, 0.15) is 24.1 Å². The molecule has 0 amide bonds. The maximum Gasteiger partial charge on any atom is 0.0701 e. The molecule has 2 aromatic rings. The van der Waals surface area contributed by atoms with E-state index in [-0.39, 0.29) is 0 Å². The van der Waals surface area contributed by atoms with Crippen LogP contribution in [0.4, 0.5) is 0 Å². The molecule has 1 nitrogen and oxygen atoms in total. The Hall–Kier alpha value is -0.160. The molecule has 4 heteroatoms. The van der Waals surface area contributed by atoms with E-state index in [9.17, 15) is 0 Å². The molecule has 1 N–H and O–H groups in total. The van der Waals surface area contributed by atoms with E-state index < -0.39 is 0 Å². The van der Waals surface area contributed by atoms with Gasteiger partial charge in [-0.2, -0.15) is 0 Å². The lowest BCUT2D eigenvalue weighted by atomic mass is 10.1. The van der Waals surface area contributed by atoms with Crippen LogP contribution in [0.15, 0.2) is 44.0 Å². The first kappa shape index (κ1) is 13.3. The van der Waals surface area contributed by atoms with Crippen molar-refractivity contribution in [1.82, 2.24) is 5.32 Å². The average Bonchev–Trinajstić information content (AvgIpc) is 2.73. The van der Waals surface area contributed by atoms with E-state index in [1.165, 1.54) is 14.9 Å². The Balaban J connectivity index is 1.93. The van der Waals surface area contributed by atoms with Crippen LogP contribution in [-0.4, -0.2) is 0 Å². The van der Waals surface area contributed by atoms with E-state index in [0.717, 1.165) is 11.0 Å². The van der Waals surface area contributed by atoms with Crippen LogP contribution in [0.2, 0.25) is 0 Å². The molecule has 1 atom stereocenters. The van der Waals surface area contributed by atoms with Gasteiger partial charge in [-0.25, -0.2) is 0 Å². The van der Waals surface area contributed by atoms with Crippen LogP contribution >= 0.6 is 43.2 Å². The van der Waals surface area contributed by atoms with Crippen molar-refractivity contribution in [1.29, 1.82) is 0 Å². The van der Waals surface area contributed by atoms with Gasteiger partial charge in [0.25, 0.3) is 0 Å². The second-order valence-electron chi connectivity index (χ2n) is 3.91. The third-order valence-corrected chi connectivity index (χ3v) is 4.69. The van der Waals surface area contributed by atoms with Crippen molar-refractivity contribution >= 4 is 43.2 Å². The maximum atomic E-state index is 3.52. The molecule has 0 aliphatic carbocycles. The summed E-state index contributed by atoms with van der Waals surface area (Å²) in [5.41, 5.74) is 2.63. The van der Waals surface area contributed by atoms with Crippen LogP contribution < -0.4 is 5.32 Å². The molecule has 0 saturated heterocycles. The highest BCUT2D eigenvalue weighted by molar-refractivity contribution is 9.11. The van der Waals surface area contributed by atoms with Crippen LogP contribution in [0.3, 0.4) is 0 Å². The Morgan fingerprint density at radius 2 is 1.94 bits per heavy atom. The molecule has 1 aromatic carbocycles. The summed E-state index contributed by atoms with van der Waals surface area (Å²) >= 11 is 8.65. The van der Waals surface area contributed by atoms with Crippen molar-refractivity contribution in [2.75, 3.05) is 0 Å². The largest absolute Gasteiger partial charge is 0.306 e. The summed E-state index contributed by atoms with van der Waals surface area (Å²) < 4.78 is 2.31. The van der Waals surface area contributed by atoms with Gasteiger partial charge in [0.2, 0.25) is 0 Å². The van der Waals surface area contributed by atoms with E-state index >= 15 is 0 Å². The van der Waals surface area contributed by atoms with Gasteiger partial charge in [-0.15, -0.1) is 11.3 Å². The molecule has 17 heavy (non-hydrogen) atoms. The highest BCUT2D eigenvalue weighted by atomic mass is 79.9. The number of hydrogen-bond acceptors (Lipinski definition) is 2. The predicted octanol–water partition coefficient (Wildman–Crippen LogP) is 5.12. The van der Waals surface area contributed by atoms with E-state index in [2.05, 4.69) is 79.8 Å². The lowest BCUT2D eigenvalue weighted by molar-refractivity contribution is 0.575. The van der Waals surface area contributed by atoms with Crippen LogP contribution in [0, 0.1) is 0 Å². The summed E-state index contributed by atoms with van der Waals surface area (Å²) in [5, 5.41) is 5.69. The standard InChI is InChI=1S/C13H13Br2NS/c1-9(11-2-4-12(14)5-3-11)16-7-10-6-13(15)17-8-10/h2-6,8-9,16H,7H2,1H3/t9-/m1/s1. The molecular weight excluding hydrogens is 362 g/mol. The van der Waals surface area contributed by atoms with Gasteiger partial charge in [0.15, 0.2) is 0 Å². The number of nitrogens with one attached hydrogen (secondary N) is 1. The summed E-state index contributed by atoms with van der Waals surface area (Å²) in [6.07, 6.45) is 0. The number of thiophene rings is 1. The van der Waals surface area contributed by atoms with Crippen LogP contribution in [0.25, 0.3) is 0 Å². The Bertz CT molecular complexity index is 478. The Morgan fingerprint density at radius 3 is 2.53 bits per heavy atom. The lowest BCUT2D eigenvalue weighted by Gasteiger charge is -2.13. The van der Waals surface area contributed by atoms with Gasteiger partial charge in [-0.05, 0) is 57.6 Å². The smallest absolute Gasteiger partial charge is 0.0701 e. The van der Waals surface area contributed by atoms with Crippen molar-refractivity contribution in [2.24, 2.45) is 0 Å². The van der Waals surface area contributed by atoms with Crippen LogP contribution in [-0.2, 0) is 6.54 Å². The minimum atomic E-state index is 0.363. The predicted molar refractivity (Wildman–Crippen MR) is 81.4 cm³/mol. The van der Waals surface area contributed by atoms with Crippen molar-refractivity contribution in [3.63, 3.8) is 0 Å². The fraction of sp³-hybridized carbons (Fsp3) is 0.231. The maximum absolute atomic E-state index is 3.52. The number of halogens is 2. The molecule has 0 bridgehead atoms.